The molecule has 1 saturated carbocycles. The van der Waals surface area contributed by atoms with Crippen LogP contribution in [0, 0.1) is 11.7 Å². The molecule has 158 valence electrons. The summed E-state index contributed by atoms with van der Waals surface area (Å²) in [5.41, 5.74) is 3.05. The second kappa shape index (κ2) is 8.29. The van der Waals surface area contributed by atoms with E-state index in [1.165, 1.54) is 12.8 Å². The molecular formula is C24H27ClFN3O. The Morgan fingerprint density at radius 2 is 1.93 bits per heavy atom. The SMILES string of the molecule is Fc1ccc(C2(COCc3cc(Cl)cc4cn(CC5CC5)nc34)CCNCC2)cc1. The van der Waals surface area contributed by atoms with Gasteiger partial charge < -0.3 is 10.1 Å². The average molecular weight is 428 g/mol. The number of benzene rings is 2. The summed E-state index contributed by atoms with van der Waals surface area (Å²) in [6.07, 6.45) is 6.63. The average Bonchev–Trinajstić information content (AvgIpc) is 3.46. The van der Waals surface area contributed by atoms with Crippen LogP contribution in [0.5, 0.6) is 0 Å². The fraction of sp³-hybridized carbons (Fsp3) is 0.458. The van der Waals surface area contributed by atoms with E-state index in [9.17, 15) is 4.39 Å². The summed E-state index contributed by atoms with van der Waals surface area (Å²) >= 11 is 6.38. The van der Waals surface area contributed by atoms with Crippen LogP contribution < -0.4 is 5.32 Å². The summed E-state index contributed by atoms with van der Waals surface area (Å²) < 4.78 is 21.8. The Bertz CT molecular complexity index is 1020. The molecule has 2 fully saturated rings. The zero-order valence-electron chi connectivity index (χ0n) is 17.0. The molecule has 2 heterocycles. The lowest BCUT2D eigenvalue weighted by Gasteiger charge is -2.38. The minimum absolute atomic E-state index is 0.0953. The number of hydrogen-bond acceptors (Lipinski definition) is 3. The molecule has 4 nitrogen and oxygen atoms in total. The molecule has 5 rings (SSSR count). The largest absolute Gasteiger partial charge is 0.376 e. The van der Waals surface area contributed by atoms with E-state index in [1.807, 2.05) is 24.3 Å². The molecule has 1 aliphatic heterocycles. The van der Waals surface area contributed by atoms with Gasteiger partial charge in [0, 0.05) is 34.1 Å². The maximum absolute atomic E-state index is 13.5. The van der Waals surface area contributed by atoms with Crippen molar-refractivity contribution in [1.29, 1.82) is 0 Å². The van der Waals surface area contributed by atoms with Crippen LogP contribution >= 0.6 is 11.6 Å². The highest BCUT2D eigenvalue weighted by atomic mass is 35.5. The number of nitrogens with zero attached hydrogens (tertiary/aromatic N) is 2. The van der Waals surface area contributed by atoms with Gasteiger partial charge in [-0.3, -0.25) is 4.68 Å². The molecule has 0 amide bonds. The highest BCUT2D eigenvalue weighted by Crippen LogP contribution is 2.35. The van der Waals surface area contributed by atoms with E-state index in [2.05, 4.69) is 16.2 Å². The van der Waals surface area contributed by atoms with E-state index < -0.39 is 0 Å². The Hall–Kier alpha value is -1.95. The second-order valence-electron chi connectivity index (χ2n) is 8.83. The van der Waals surface area contributed by atoms with Crippen molar-refractivity contribution >= 4 is 22.5 Å². The molecular weight excluding hydrogens is 401 g/mol. The van der Waals surface area contributed by atoms with Crippen LogP contribution in [0.4, 0.5) is 4.39 Å². The number of piperidine rings is 1. The highest BCUT2D eigenvalue weighted by Gasteiger charge is 2.34. The Balaban J connectivity index is 1.34. The van der Waals surface area contributed by atoms with E-state index in [0.29, 0.717) is 18.2 Å². The summed E-state index contributed by atoms with van der Waals surface area (Å²) in [7, 11) is 0. The first kappa shape index (κ1) is 20.0. The van der Waals surface area contributed by atoms with Crippen LogP contribution in [-0.4, -0.2) is 29.5 Å². The van der Waals surface area contributed by atoms with Gasteiger partial charge in [-0.1, -0.05) is 23.7 Å². The minimum Gasteiger partial charge on any atom is -0.376 e. The number of halogens is 2. The number of hydrogen-bond donors (Lipinski definition) is 1. The summed E-state index contributed by atoms with van der Waals surface area (Å²) in [4.78, 5) is 0. The lowest BCUT2D eigenvalue weighted by Crippen LogP contribution is -2.43. The molecule has 2 aliphatic rings. The molecule has 0 atom stereocenters. The summed E-state index contributed by atoms with van der Waals surface area (Å²) in [5.74, 6) is 0.566. The van der Waals surface area contributed by atoms with Crippen LogP contribution in [0.25, 0.3) is 10.9 Å². The van der Waals surface area contributed by atoms with E-state index in [0.717, 1.165) is 60.4 Å². The van der Waals surface area contributed by atoms with Crippen molar-refractivity contribution in [3.05, 3.63) is 64.6 Å². The van der Waals surface area contributed by atoms with Crippen LogP contribution in [0.1, 0.15) is 36.8 Å². The maximum Gasteiger partial charge on any atom is 0.123 e. The fourth-order valence-corrected chi connectivity index (χ4v) is 4.82. The van der Waals surface area contributed by atoms with Crippen molar-refractivity contribution in [2.75, 3.05) is 19.7 Å². The fourth-order valence-electron chi connectivity index (χ4n) is 4.57. The van der Waals surface area contributed by atoms with Crippen molar-refractivity contribution in [3.8, 4) is 0 Å². The molecule has 3 aromatic rings. The third-order valence-electron chi connectivity index (χ3n) is 6.50. The summed E-state index contributed by atoms with van der Waals surface area (Å²) in [5, 5.41) is 10.0. The first-order valence-electron chi connectivity index (χ1n) is 10.8. The van der Waals surface area contributed by atoms with Crippen molar-refractivity contribution in [3.63, 3.8) is 0 Å². The van der Waals surface area contributed by atoms with Crippen molar-refractivity contribution in [2.24, 2.45) is 5.92 Å². The quantitative estimate of drug-likeness (QED) is 0.571. The molecule has 1 aliphatic carbocycles. The highest BCUT2D eigenvalue weighted by molar-refractivity contribution is 6.31. The molecule has 30 heavy (non-hydrogen) atoms. The van der Waals surface area contributed by atoms with Gasteiger partial charge in [-0.2, -0.15) is 5.10 Å². The number of fused-ring (bicyclic) bond motifs is 1. The van der Waals surface area contributed by atoms with E-state index in [4.69, 9.17) is 21.4 Å². The molecule has 1 saturated heterocycles. The monoisotopic (exact) mass is 427 g/mol. The van der Waals surface area contributed by atoms with Crippen molar-refractivity contribution in [1.82, 2.24) is 15.1 Å². The second-order valence-corrected chi connectivity index (χ2v) is 9.26. The van der Waals surface area contributed by atoms with Crippen molar-refractivity contribution < 1.29 is 9.13 Å². The first-order valence-corrected chi connectivity index (χ1v) is 11.2. The number of aromatic nitrogens is 2. The third-order valence-corrected chi connectivity index (χ3v) is 6.71. The van der Waals surface area contributed by atoms with E-state index in [-0.39, 0.29) is 11.2 Å². The zero-order chi connectivity index (χ0) is 20.6. The Morgan fingerprint density at radius 1 is 1.17 bits per heavy atom. The van der Waals surface area contributed by atoms with Crippen LogP contribution in [-0.2, 0) is 23.3 Å². The van der Waals surface area contributed by atoms with E-state index >= 15 is 0 Å². The van der Waals surface area contributed by atoms with Gasteiger partial charge in [0.15, 0.2) is 0 Å². The molecule has 0 unspecified atom stereocenters. The molecule has 0 bridgehead atoms. The van der Waals surface area contributed by atoms with Gasteiger partial charge in [-0.25, -0.2) is 4.39 Å². The topological polar surface area (TPSA) is 39.1 Å². The predicted molar refractivity (Wildman–Crippen MR) is 117 cm³/mol. The minimum atomic E-state index is -0.202. The summed E-state index contributed by atoms with van der Waals surface area (Å²) in [6.45, 7) is 3.92. The normalized spacial score (nSPS) is 18.7. The van der Waals surface area contributed by atoms with Gasteiger partial charge in [0.1, 0.15) is 5.82 Å². The molecule has 6 heteroatoms. The van der Waals surface area contributed by atoms with Crippen molar-refractivity contribution in [2.45, 2.75) is 44.2 Å². The Morgan fingerprint density at radius 3 is 2.67 bits per heavy atom. The summed E-state index contributed by atoms with van der Waals surface area (Å²) in [6, 6.07) is 10.8. The first-order chi connectivity index (χ1) is 14.6. The smallest absolute Gasteiger partial charge is 0.123 e. The standard InChI is InChI=1S/C24H27ClFN3O/c25-21-11-18-14-29(13-17-1-2-17)28-23(18)19(12-21)15-30-16-24(7-9-27-10-8-24)20-3-5-22(26)6-4-20/h3-6,11-12,14,17,27H,1-2,7-10,13,15-16H2. The molecule has 2 aromatic carbocycles. The molecule has 0 radical (unpaired) electrons. The maximum atomic E-state index is 13.5. The van der Waals surface area contributed by atoms with Gasteiger partial charge in [0.25, 0.3) is 0 Å². The van der Waals surface area contributed by atoms with Gasteiger partial charge in [-0.15, -0.1) is 0 Å². The number of ether oxygens (including phenoxy) is 1. The van der Waals surface area contributed by atoms with Gasteiger partial charge in [0.05, 0.1) is 18.7 Å². The van der Waals surface area contributed by atoms with Crippen LogP contribution in [0.15, 0.2) is 42.6 Å². The van der Waals surface area contributed by atoms with Crippen LogP contribution in [0.3, 0.4) is 0 Å². The number of rotatable bonds is 7. The van der Waals surface area contributed by atoms with Crippen LogP contribution in [0.2, 0.25) is 5.02 Å². The third kappa shape index (κ3) is 4.25. The van der Waals surface area contributed by atoms with Gasteiger partial charge >= 0.3 is 0 Å². The lowest BCUT2D eigenvalue weighted by molar-refractivity contribution is 0.0570. The number of nitrogens with one attached hydrogen (secondary N) is 1. The van der Waals surface area contributed by atoms with E-state index in [1.54, 1.807) is 12.1 Å². The molecule has 1 N–H and O–H groups in total. The zero-order valence-corrected chi connectivity index (χ0v) is 17.8. The lowest BCUT2D eigenvalue weighted by atomic mass is 9.74. The Labute approximate surface area is 181 Å². The van der Waals surface area contributed by atoms with Gasteiger partial charge in [0.2, 0.25) is 0 Å². The predicted octanol–water partition coefficient (Wildman–Crippen LogP) is 5.08. The Kier molecular flexibility index (Phi) is 5.52. The molecule has 1 aromatic heterocycles. The molecule has 0 spiro atoms. The van der Waals surface area contributed by atoms with Gasteiger partial charge in [-0.05, 0) is 74.5 Å².